The van der Waals surface area contributed by atoms with E-state index in [0.717, 1.165) is 47.5 Å². The van der Waals surface area contributed by atoms with Gasteiger partial charge >= 0.3 is 0 Å². The average Bonchev–Trinajstić information content (AvgIpc) is 2.98. The number of unbranched alkanes of at least 4 members (excludes halogenated alkanes) is 1. The summed E-state index contributed by atoms with van der Waals surface area (Å²) in [6.45, 7) is 7.40. The second-order valence-corrected chi connectivity index (χ2v) is 6.20. The summed E-state index contributed by atoms with van der Waals surface area (Å²) >= 11 is 0. The maximum Gasteiger partial charge on any atom is 0.204 e. The Labute approximate surface area is 148 Å². The zero-order valence-electron chi connectivity index (χ0n) is 14.7. The van der Waals surface area contributed by atoms with E-state index in [1.807, 2.05) is 36.4 Å². The molecule has 0 saturated heterocycles. The van der Waals surface area contributed by atoms with Crippen LogP contribution in [0.3, 0.4) is 0 Å². The molecule has 3 rings (SSSR count). The molecule has 0 radical (unpaired) electrons. The lowest BCUT2D eigenvalue weighted by molar-refractivity contribution is 0.463. The van der Waals surface area contributed by atoms with E-state index in [1.165, 1.54) is 0 Å². The molecule has 0 aliphatic rings. The first-order valence-corrected chi connectivity index (χ1v) is 8.84. The fourth-order valence-electron chi connectivity index (χ4n) is 3.03. The average molecular weight is 335 g/mol. The molecular weight excluding hydrogens is 310 g/mol. The van der Waals surface area contributed by atoms with E-state index in [1.54, 1.807) is 6.08 Å². The van der Waals surface area contributed by atoms with Gasteiger partial charge in [0.1, 0.15) is 5.75 Å². The summed E-state index contributed by atoms with van der Waals surface area (Å²) in [5.74, 6) is 1.19. The number of aromatic nitrogens is 2. The minimum Gasteiger partial charge on any atom is -0.507 e. The highest BCUT2D eigenvalue weighted by molar-refractivity contribution is 5.78. The number of aryl methyl sites for hydroxylation is 1. The van der Waals surface area contributed by atoms with Gasteiger partial charge in [0.25, 0.3) is 0 Å². The molecule has 130 valence electrons. The Bertz CT molecular complexity index is 867. The normalized spacial score (nSPS) is 10.9. The van der Waals surface area contributed by atoms with E-state index in [2.05, 4.69) is 29.5 Å². The van der Waals surface area contributed by atoms with Gasteiger partial charge in [-0.05, 0) is 30.5 Å². The molecule has 4 heteroatoms. The Balaban J connectivity index is 1.86. The van der Waals surface area contributed by atoms with Crippen molar-refractivity contribution in [3.05, 3.63) is 66.2 Å². The number of imidazole rings is 1. The zero-order chi connectivity index (χ0) is 17.6. The van der Waals surface area contributed by atoms with E-state index in [4.69, 9.17) is 4.98 Å². The fourth-order valence-corrected chi connectivity index (χ4v) is 3.03. The first-order chi connectivity index (χ1) is 12.2. The van der Waals surface area contributed by atoms with Gasteiger partial charge in [-0.25, -0.2) is 4.98 Å². The fraction of sp³-hybridized carbons (Fsp3) is 0.286. The lowest BCUT2D eigenvalue weighted by Gasteiger charge is -2.12. The molecule has 0 atom stereocenters. The van der Waals surface area contributed by atoms with E-state index < -0.39 is 0 Å². The van der Waals surface area contributed by atoms with Gasteiger partial charge in [-0.2, -0.15) is 0 Å². The van der Waals surface area contributed by atoms with E-state index in [-0.39, 0.29) is 0 Å². The third-order valence-electron chi connectivity index (χ3n) is 4.39. The molecule has 3 aromatic rings. The molecule has 0 saturated carbocycles. The summed E-state index contributed by atoms with van der Waals surface area (Å²) in [7, 11) is 0. The van der Waals surface area contributed by atoms with Crippen molar-refractivity contribution < 1.29 is 5.11 Å². The molecule has 2 aromatic carbocycles. The number of anilines is 1. The van der Waals surface area contributed by atoms with Crippen LogP contribution in [0.15, 0.2) is 55.1 Å². The first kappa shape index (κ1) is 17.1. The molecule has 0 amide bonds. The minimum atomic E-state index is 0.339. The molecule has 0 aliphatic carbocycles. The molecular formula is C21H25N3O. The predicted molar refractivity (Wildman–Crippen MR) is 104 cm³/mol. The van der Waals surface area contributed by atoms with Gasteiger partial charge in [0.15, 0.2) is 0 Å². The van der Waals surface area contributed by atoms with Crippen molar-refractivity contribution in [2.75, 3.05) is 5.32 Å². The number of phenols is 1. The third kappa shape index (κ3) is 3.68. The second kappa shape index (κ2) is 7.88. The highest BCUT2D eigenvalue weighted by atomic mass is 16.3. The lowest BCUT2D eigenvalue weighted by Crippen LogP contribution is -2.08. The Kier molecular flexibility index (Phi) is 5.39. The van der Waals surface area contributed by atoms with Crippen molar-refractivity contribution in [3.63, 3.8) is 0 Å². The Hall–Kier alpha value is -2.75. The number of fused-ring (bicyclic) bond motifs is 1. The molecule has 0 spiro atoms. The summed E-state index contributed by atoms with van der Waals surface area (Å²) in [5.41, 5.74) is 3.90. The number of aromatic hydroxyl groups is 1. The molecule has 4 nitrogen and oxygen atoms in total. The summed E-state index contributed by atoms with van der Waals surface area (Å²) in [6, 6.07) is 14.0. The summed E-state index contributed by atoms with van der Waals surface area (Å²) < 4.78 is 2.23. The monoisotopic (exact) mass is 335 g/mol. The quantitative estimate of drug-likeness (QED) is 0.577. The first-order valence-electron chi connectivity index (χ1n) is 8.84. The number of rotatable bonds is 8. The van der Waals surface area contributed by atoms with Gasteiger partial charge in [-0.1, -0.05) is 49.8 Å². The zero-order valence-corrected chi connectivity index (χ0v) is 14.7. The highest BCUT2D eigenvalue weighted by Crippen LogP contribution is 2.25. The number of hydrogen-bond acceptors (Lipinski definition) is 3. The van der Waals surface area contributed by atoms with Crippen LogP contribution < -0.4 is 5.32 Å². The molecule has 1 aromatic heterocycles. The molecule has 1 heterocycles. The maximum absolute atomic E-state index is 10.4. The number of nitrogens with zero attached hydrogens (tertiary/aromatic N) is 2. The standard InChI is InChI=1S/C21H25N3O/c1-3-5-14-24-19-13-7-6-12-18(19)23-21(24)22-15-17-11-8-10-16(9-4-2)20(17)25/h4,6-8,10-13,25H,2-3,5,9,14-15H2,1H3,(H,22,23). The van der Waals surface area contributed by atoms with Crippen LogP contribution in [0, 0.1) is 0 Å². The van der Waals surface area contributed by atoms with Crippen LogP contribution in [0.2, 0.25) is 0 Å². The lowest BCUT2D eigenvalue weighted by atomic mass is 10.1. The van der Waals surface area contributed by atoms with Gasteiger partial charge in [0.05, 0.1) is 11.0 Å². The minimum absolute atomic E-state index is 0.339. The van der Waals surface area contributed by atoms with Crippen LogP contribution in [0.1, 0.15) is 30.9 Å². The van der Waals surface area contributed by atoms with Crippen LogP contribution in [0.5, 0.6) is 5.75 Å². The van der Waals surface area contributed by atoms with Crippen molar-refractivity contribution in [2.24, 2.45) is 0 Å². The molecule has 25 heavy (non-hydrogen) atoms. The topological polar surface area (TPSA) is 50.1 Å². The van der Waals surface area contributed by atoms with Crippen molar-refractivity contribution >= 4 is 17.0 Å². The van der Waals surface area contributed by atoms with Gasteiger partial charge in [0, 0.05) is 18.7 Å². The Morgan fingerprint density at radius 3 is 2.76 bits per heavy atom. The van der Waals surface area contributed by atoms with Gasteiger partial charge in [-0.3, -0.25) is 0 Å². The van der Waals surface area contributed by atoms with Crippen molar-refractivity contribution in [1.29, 1.82) is 0 Å². The number of phenolic OH excluding ortho intramolecular Hbond substituents is 1. The van der Waals surface area contributed by atoms with Gasteiger partial charge < -0.3 is 15.0 Å². The molecule has 0 fully saturated rings. The highest BCUT2D eigenvalue weighted by Gasteiger charge is 2.11. The van der Waals surface area contributed by atoms with Crippen molar-refractivity contribution in [2.45, 2.75) is 39.3 Å². The predicted octanol–water partition coefficient (Wildman–Crippen LogP) is 4.88. The van der Waals surface area contributed by atoms with Crippen LogP contribution in [0.4, 0.5) is 5.95 Å². The summed E-state index contributed by atoms with van der Waals surface area (Å²) in [6.07, 6.45) is 4.70. The number of benzene rings is 2. The molecule has 2 N–H and O–H groups in total. The van der Waals surface area contributed by atoms with E-state index in [0.29, 0.717) is 18.7 Å². The largest absolute Gasteiger partial charge is 0.507 e. The van der Waals surface area contributed by atoms with E-state index in [9.17, 15) is 5.11 Å². The number of hydrogen-bond donors (Lipinski definition) is 2. The van der Waals surface area contributed by atoms with Gasteiger partial charge in [0.2, 0.25) is 5.95 Å². The third-order valence-corrected chi connectivity index (χ3v) is 4.39. The Morgan fingerprint density at radius 2 is 1.96 bits per heavy atom. The smallest absolute Gasteiger partial charge is 0.204 e. The van der Waals surface area contributed by atoms with Crippen molar-refractivity contribution in [1.82, 2.24) is 9.55 Å². The maximum atomic E-state index is 10.4. The molecule has 0 bridgehead atoms. The van der Waals surface area contributed by atoms with E-state index >= 15 is 0 Å². The molecule has 0 aliphatic heterocycles. The summed E-state index contributed by atoms with van der Waals surface area (Å²) in [5, 5.41) is 13.8. The molecule has 0 unspecified atom stereocenters. The Morgan fingerprint density at radius 1 is 1.16 bits per heavy atom. The summed E-state index contributed by atoms with van der Waals surface area (Å²) in [4.78, 5) is 4.72. The number of para-hydroxylation sites is 3. The second-order valence-electron chi connectivity index (χ2n) is 6.20. The SMILES string of the molecule is C=CCc1cccc(CNc2nc3ccccc3n2CCCC)c1O. The van der Waals surface area contributed by atoms with Crippen LogP contribution >= 0.6 is 0 Å². The van der Waals surface area contributed by atoms with Crippen LogP contribution in [-0.4, -0.2) is 14.7 Å². The van der Waals surface area contributed by atoms with Gasteiger partial charge in [-0.15, -0.1) is 6.58 Å². The van der Waals surface area contributed by atoms with Crippen molar-refractivity contribution in [3.8, 4) is 5.75 Å². The number of allylic oxidation sites excluding steroid dienone is 1. The van der Waals surface area contributed by atoms with Crippen LogP contribution in [0.25, 0.3) is 11.0 Å². The van der Waals surface area contributed by atoms with Crippen LogP contribution in [-0.2, 0) is 19.5 Å². The number of nitrogens with one attached hydrogen (secondary N) is 1.